The highest BCUT2D eigenvalue weighted by Crippen LogP contribution is 2.15. The Balaban J connectivity index is 1.63. The molecular formula is C15H14BrN3O5. The minimum absolute atomic E-state index is 0.231. The van der Waals surface area contributed by atoms with Crippen LogP contribution in [-0.2, 0) is 14.3 Å². The van der Waals surface area contributed by atoms with Crippen LogP contribution in [0.5, 0.6) is 5.75 Å². The Kier molecular flexibility index (Phi) is 6.38. The van der Waals surface area contributed by atoms with E-state index in [0.29, 0.717) is 5.75 Å². The van der Waals surface area contributed by atoms with Gasteiger partial charge in [-0.1, -0.05) is 15.9 Å². The first kappa shape index (κ1) is 17.5. The van der Waals surface area contributed by atoms with Gasteiger partial charge in [0.05, 0.1) is 0 Å². The summed E-state index contributed by atoms with van der Waals surface area (Å²) in [6.45, 7) is -0.796. The molecular weight excluding hydrogens is 382 g/mol. The van der Waals surface area contributed by atoms with Crippen LogP contribution in [0, 0.1) is 0 Å². The fraction of sp³-hybridized carbons (Fsp3) is 0.133. The Labute approximate surface area is 145 Å². The van der Waals surface area contributed by atoms with E-state index in [-0.39, 0.29) is 12.3 Å². The van der Waals surface area contributed by atoms with Crippen LogP contribution in [0.4, 0.5) is 0 Å². The molecule has 0 atom stereocenters. The summed E-state index contributed by atoms with van der Waals surface area (Å²) in [4.78, 5) is 37.2. The molecule has 1 heterocycles. The zero-order valence-corrected chi connectivity index (χ0v) is 14.0. The first-order valence-corrected chi connectivity index (χ1v) is 7.60. The number of esters is 1. The molecule has 3 N–H and O–H groups in total. The van der Waals surface area contributed by atoms with Crippen molar-refractivity contribution in [3.63, 3.8) is 0 Å². The molecule has 8 nitrogen and oxygen atoms in total. The van der Waals surface area contributed by atoms with Gasteiger partial charge < -0.3 is 14.5 Å². The van der Waals surface area contributed by atoms with Crippen molar-refractivity contribution < 1.29 is 23.9 Å². The average Bonchev–Trinajstić information content (AvgIpc) is 3.12. The van der Waals surface area contributed by atoms with E-state index in [1.165, 1.54) is 6.07 Å². The van der Waals surface area contributed by atoms with Crippen molar-refractivity contribution in [2.75, 3.05) is 13.2 Å². The second-order valence-corrected chi connectivity index (χ2v) is 5.41. The molecule has 0 saturated heterocycles. The van der Waals surface area contributed by atoms with E-state index in [4.69, 9.17) is 9.47 Å². The SMILES string of the molecule is O=C(COC(=O)c1ccc[nH]1)NNC(=O)COc1ccc(Br)cc1. The maximum absolute atomic E-state index is 11.5. The number of H-pyrrole nitrogens is 1. The van der Waals surface area contributed by atoms with Gasteiger partial charge in [0.15, 0.2) is 13.2 Å². The zero-order valence-electron chi connectivity index (χ0n) is 12.4. The number of hydrogen-bond acceptors (Lipinski definition) is 5. The van der Waals surface area contributed by atoms with Crippen molar-refractivity contribution in [1.82, 2.24) is 15.8 Å². The first-order valence-electron chi connectivity index (χ1n) is 6.81. The van der Waals surface area contributed by atoms with Crippen LogP contribution in [0.3, 0.4) is 0 Å². The molecule has 0 saturated carbocycles. The molecule has 1 aromatic carbocycles. The summed E-state index contributed by atoms with van der Waals surface area (Å²) in [5.41, 5.74) is 4.50. The molecule has 0 aliphatic rings. The lowest BCUT2D eigenvalue weighted by atomic mass is 10.3. The minimum atomic E-state index is -0.674. The molecule has 0 aliphatic carbocycles. The maximum Gasteiger partial charge on any atom is 0.355 e. The van der Waals surface area contributed by atoms with E-state index >= 15 is 0 Å². The summed E-state index contributed by atoms with van der Waals surface area (Å²) >= 11 is 3.28. The van der Waals surface area contributed by atoms with Crippen LogP contribution in [-0.4, -0.2) is 36.0 Å². The van der Waals surface area contributed by atoms with Gasteiger partial charge in [-0.2, -0.15) is 0 Å². The van der Waals surface area contributed by atoms with Gasteiger partial charge >= 0.3 is 5.97 Å². The molecule has 0 fully saturated rings. The van der Waals surface area contributed by atoms with E-state index in [1.807, 2.05) is 0 Å². The molecule has 24 heavy (non-hydrogen) atoms. The Morgan fingerprint density at radius 1 is 1.00 bits per heavy atom. The van der Waals surface area contributed by atoms with Crippen LogP contribution >= 0.6 is 15.9 Å². The molecule has 0 spiro atoms. The van der Waals surface area contributed by atoms with Crippen molar-refractivity contribution in [2.24, 2.45) is 0 Å². The van der Waals surface area contributed by atoms with E-state index in [1.54, 1.807) is 36.5 Å². The average molecular weight is 396 g/mol. The van der Waals surface area contributed by atoms with Crippen molar-refractivity contribution in [3.8, 4) is 5.75 Å². The number of aromatic amines is 1. The van der Waals surface area contributed by atoms with Crippen LogP contribution in [0.1, 0.15) is 10.5 Å². The maximum atomic E-state index is 11.5. The van der Waals surface area contributed by atoms with Crippen molar-refractivity contribution in [3.05, 3.63) is 52.8 Å². The largest absolute Gasteiger partial charge is 0.484 e. The summed E-state index contributed by atoms with van der Waals surface area (Å²) in [6, 6.07) is 10.1. The lowest BCUT2D eigenvalue weighted by Gasteiger charge is -2.09. The van der Waals surface area contributed by atoms with Crippen molar-refractivity contribution in [1.29, 1.82) is 0 Å². The molecule has 9 heteroatoms. The van der Waals surface area contributed by atoms with Gasteiger partial charge in [0, 0.05) is 10.7 Å². The standard InChI is InChI=1S/C15H14BrN3O5/c16-10-3-5-11(6-4-10)23-8-13(20)18-19-14(21)9-24-15(22)12-2-1-7-17-12/h1-7,17H,8-9H2,(H,18,20)(H,19,21). The lowest BCUT2D eigenvalue weighted by molar-refractivity contribution is -0.131. The Morgan fingerprint density at radius 3 is 2.29 bits per heavy atom. The number of hydrazine groups is 1. The third-order valence-corrected chi connectivity index (χ3v) is 3.21. The van der Waals surface area contributed by atoms with E-state index in [0.717, 1.165) is 4.47 Å². The summed E-state index contributed by atoms with van der Waals surface area (Å²) in [7, 11) is 0. The Hall–Kier alpha value is -2.81. The van der Waals surface area contributed by atoms with E-state index in [2.05, 4.69) is 31.8 Å². The van der Waals surface area contributed by atoms with Gasteiger partial charge in [0.1, 0.15) is 11.4 Å². The van der Waals surface area contributed by atoms with Crippen LogP contribution in [0.25, 0.3) is 0 Å². The number of ether oxygens (including phenoxy) is 2. The quantitative estimate of drug-likeness (QED) is 0.502. The molecule has 2 rings (SSSR count). The molecule has 0 unspecified atom stereocenters. The summed E-state index contributed by atoms with van der Waals surface area (Å²) in [5.74, 6) is -1.38. The number of benzene rings is 1. The molecule has 2 aromatic rings. The fourth-order valence-corrected chi connectivity index (χ4v) is 1.82. The number of rotatable bonds is 6. The van der Waals surface area contributed by atoms with Crippen molar-refractivity contribution >= 4 is 33.7 Å². The minimum Gasteiger partial charge on any atom is -0.484 e. The topological polar surface area (TPSA) is 110 Å². The van der Waals surface area contributed by atoms with E-state index in [9.17, 15) is 14.4 Å². The third kappa shape index (κ3) is 5.76. The van der Waals surface area contributed by atoms with E-state index < -0.39 is 24.4 Å². The second kappa shape index (κ2) is 8.73. The van der Waals surface area contributed by atoms with Crippen molar-refractivity contribution in [2.45, 2.75) is 0 Å². The van der Waals surface area contributed by atoms with Gasteiger partial charge in [-0.05, 0) is 36.4 Å². The number of carbonyl (C=O) groups is 3. The number of carbonyl (C=O) groups excluding carboxylic acids is 3. The molecule has 0 aliphatic heterocycles. The van der Waals surface area contributed by atoms with Gasteiger partial charge in [-0.3, -0.25) is 20.4 Å². The normalized spacial score (nSPS) is 9.88. The van der Waals surface area contributed by atoms with Gasteiger partial charge in [0.25, 0.3) is 11.8 Å². The third-order valence-electron chi connectivity index (χ3n) is 2.68. The second-order valence-electron chi connectivity index (χ2n) is 4.50. The number of halogens is 1. The van der Waals surface area contributed by atoms with Gasteiger partial charge in [-0.25, -0.2) is 4.79 Å². The zero-order chi connectivity index (χ0) is 17.4. The smallest absolute Gasteiger partial charge is 0.355 e. The summed E-state index contributed by atoms with van der Waals surface area (Å²) < 4.78 is 10.9. The Morgan fingerprint density at radius 2 is 1.67 bits per heavy atom. The molecule has 2 amide bonds. The molecule has 126 valence electrons. The highest BCUT2D eigenvalue weighted by atomic mass is 79.9. The van der Waals surface area contributed by atoms with Gasteiger partial charge in [0.2, 0.25) is 0 Å². The first-order chi connectivity index (χ1) is 11.5. The van der Waals surface area contributed by atoms with Crippen LogP contribution in [0.15, 0.2) is 47.1 Å². The van der Waals surface area contributed by atoms with Crippen LogP contribution < -0.4 is 15.6 Å². The predicted octanol–water partition coefficient (Wildman–Crippen LogP) is 1.16. The van der Waals surface area contributed by atoms with Crippen LogP contribution in [0.2, 0.25) is 0 Å². The number of nitrogens with one attached hydrogen (secondary N) is 3. The van der Waals surface area contributed by atoms with Gasteiger partial charge in [-0.15, -0.1) is 0 Å². The Bertz CT molecular complexity index is 700. The molecule has 0 bridgehead atoms. The monoisotopic (exact) mass is 395 g/mol. The number of aromatic nitrogens is 1. The summed E-state index contributed by atoms with van der Waals surface area (Å²) in [5, 5.41) is 0. The number of amides is 2. The summed E-state index contributed by atoms with van der Waals surface area (Å²) in [6.07, 6.45) is 1.56. The predicted molar refractivity (Wildman–Crippen MR) is 87.0 cm³/mol. The lowest BCUT2D eigenvalue weighted by Crippen LogP contribution is -2.45. The molecule has 1 aromatic heterocycles. The fourth-order valence-electron chi connectivity index (χ4n) is 1.56. The highest BCUT2D eigenvalue weighted by Gasteiger charge is 2.11. The molecule has 0 radical (unpaired) electrons. The number of hydrogen-bond donors (Lipinski definition) is 3. The highest BCUT2D eigenvalue weighted by molar-refractivity contribution is 9.10.